The highest BCUT2D eigenvalue weighted by Gasteiger charge is 2.09. The topological polar surface area (TPSA) is 60.5 Å². The molecule has 0 unspecified atom stereocenters. The molecule has 1 aromatic heterocycles. The quantitative estimate of drug-likeness (QED) is 0.866. The van der Waals surface area contributed by atoms with Crippen LogP contribution in [0.3, 0.4) is 0 Å². The number of hydrogen-bond donors (Lipinski definition) is 1. The second-order valence-electron chi connectivity index (χ2n) is 3.89. The number of halogens is 1. The van der Waals surface area contributed by atoms with Crippen LogP contribution in [0.5, 0.6) is 5.75 Å². The van der Waals surface area contributed by atoms with Gasteiger partial charge >= 0.3 is 6.09 Å². The van der Waals surface area contributed by atoms with Gasteiger partial charge in [-0.25, -0.2) is 9.78 Å². The lowest BCUT2D eigenvalue weighted by molar-refractivity contribution is 0.155. The van der Waals surface area contributed by atoms with Gasteiger partial charge in [0.2, 0.25) is 0 Å². The zero-order valence-corrected chi connectivity index (χ0v) is 12.4. The molecule has 0 aliphatic rings. The van der Waals surface area contributed by atoms with Crippen LogP contribution in [0.4, 0.5) is 10.5 Å². The maximum Gasteiger partial charge on any atom is 0.412 e. The summed E-state index contributed by atoms with van der Waals surface area (Å²) in [7, 11) is 1.51. The molecule has 1 amide bonds. The van der Waals surface area contributed by atoms with Gasteiger partial charge in [0.05, 0.1) is 19.0 Å². The monoisotopic (exact) mass is 336 g/mol. The van der Waals surface area contributed by atoms with Crippen molar-refractivity contribution >= 4 is 27.7 Å². The number of hydrogen-bond acceptors (Lipinski definition) is 4. The van der Waals surface area contributed by atoms with Crippen molar-refractivity contribution in [1.82, 2.24) is 4.98 Å². The molecule has 1 aromatic carbocycles. The van der Waals surface area contributed by atoms with Crippen LogP contribution in [0.15, 0.2) is 47.2 Å². The fourth-order valence-corrected chi connectivity index (χ4v) is 1.88. The molecule has 0 saturated heterocycles. The van der Waals surface area contributed by atoms with Crippen molar-refractivity contribution in [3.63, 3.8) is 0 Å². The Kier molecular flexibility index (Phi) is 4.95. The first-order chi connectivity index (χ1) is 9.69. The summed E-state index contributed by atoms with van der Waals surface area (Å²) in [6.45, 7) is 0.210. The van der Waals surface area contributed by atoms with E-state index in [0.717, 1.165) is 5.56 Å². The van der Waals surface area contributed by atoms with Crippen LogP contribution in [0, 0.1) is 0 Å². The lowest BCUT2D eigenvalue weighted by Crippen LogP contribution is -2.14. The SMILES string of the molecule is COc1cnc(Br)cc1NC(=O)OCc1ccccc1. The van der Waals surface area contributed by atoms with Gasteiger partial charge in [0.1, 0.15) is 11.2 Å². The minimum atomic E-state index is -0.551. The fourth-order valence-electron chi connectivity index (χ4n) is 1.55. The summed E-state index contributed by atoms with van der Waals surface area (Å²) < 4.78 is 10.8. The number of rotatable bonds is 4. The summed E-state index contributed by atoms with van der Waals surface area (Å²) in [5, 5.41) is 2.62. The fraction of sp³-hybridized carbons (Fsp3) is 0.143. The smallest absolute Gasteiger partial charge is 0.412 e. The Morgan fingerprint density at radius 1 is 1.35 bits per heavy atom. The van der Waals surface area contributed by atoms with Gasteiger partial charge in [0.15, 0.2) is 5.75 Å². The highest BCUT2D eigenvalue weighted by atomic mass is 79.9. The first-order valence-electron chi connectivity index (χ1n) is 5.86. The number of pyridine rings is 1. The van der Waals surface area contributed by atoms with Crippen LogP contribution >= 0.6 is 15.9 Å². The average Bonchev–Trinajstić information content (AvgIpc) is 2.46. The van der Waals surface area contributed by atoms with E-state index in [0.29, 0.717) is 16.0 Å². The number of nitrogens with one attached hydrogen (secondary N) is 1. The van der Waals surface area contributed by atoms with E-state index in [2.05, 4.69) is 26.2 Å². The molecular weight excluding hydrogens is 324 g/mol. The van der Waals surface area contributed by atoms with Crippen LogP contribution in [0.25, 0.3) is 0 Å². The molecule has 0 fully saturated rings. The van der Waals surface area contributed by atoms with E-state index in [9.17, 15) is 4.79 Å². The summed E-state index contributed by atoms with van der Waals surface area (Å²) in [4.78, 5) is 15.8. The lowest BCUT2D eigenvalue weighted by Gasteiger charge is -2.10. The second kappa shape index (κ2) is 6.91. The zero-order chi connectivity index (χ0) is 14.4. The van der Waals surface area contributed by atoms with Gasteiger partial charge in [0, 0.05) is 0 Å². The number of anilines is 1. The molecule has 2 rings (SSSR count). The summed E-state index contributed by atoms with van der Waals surface area (Å²) in [6, 6.07) is 11.1. The van der Waals surface area contributed by atoms with Crippen LogP contribution in [-0.2, 0) is 11.3 Å². The standard InChI is InChI=1S/C14H13BrN2O3/c1-19-12-8-16-13(15)7-11(12)17-14(18)20-9-10-5-3-2-4-6-10/h2-8H,9H2,1H3,(H,16,17,18). The normalized spacial score (nSPS) is 9.90. The van der Waals surface area contributed by atoms with Crippen molar-refractivity contribution in [1.29, 1.82) is 0 Å². The third-order valence-corrected chi connectivity index (χ3v) is 2.94. The van der Waals surface area contributed by atoms with E-state index in [1.54, 1.807) is 6.07 Å². The molecule has 2 aromatic rings. The Bertz CT molecular complexity index is 590. The third-order valence-electron chi connectivity index (χ3n) is 2.50. The summed E-state index contributed by atoms with van der Waals surface area (Å²) in [5.74, 6) is 0.463. The number of aromatic nitrogens is 1. The van der Waals surface area contributed by atoms with Gasteiger partial charge in [-0.15, -0.1) is 0 Å². The molecule has 0 aliphatic heterocycles. The van der Waals surface area contributed by atoms with Crippen molar-refractivity contribution < 1.29 is 14.3 Å². The van der Waals surface area contributed by atoms with E-state index in [-0.39, 0.29) is 6.61 Å². The molecule has 6 heteroatoms. The van der Waals surface area contributed by atoms with Gasteiger partial charge in [-0.2, -0.15) is 0 Å². The number of nitrogens with zero attached hydrogens (tertiary/aromatic N) is 1. The van der Waals surface area contributed by atoms with E-state index in [1.807, 2.05) is 30.3 Å². The molecular formula is C14H13BrN2O3. The van der Waals surface area contributed by atoms with Crippen molar-refractivity contribution in [3.8, 4) is 5.75 Å². The largest absolute Gasteiger partial charge is 0.493 e. The summed E-state index contributed by atoms with van der Waals surface area (Å²) in [5.41, 5.74) is 1.41. The molecule has 0 aliphatic carbocycles. The number of benzene rings is 1. The van der Waals surface area contributed by atoms with E-state index >= 15 is 0 Å². The molecule has 0 saturated carbocycles. The number of carbonyl (C=O) groups excluding carboxylic acids is 1. The minimum absolute atomic E-state index is 0.210. The number of amides is 1. The second-order valence-corrected chi connectivity index (χ2v) is 4.71. The number of methoxy groups -OCH3 is 1. The van der Waals surface area contributed by atoms with Gasteiger partial charge in [-0.3, -0.25) is 5.32 Å². The van der Waals surface area contributed by atoms with Crippen LogP contribution in [0.1, 0.15) is 5.56 Å². The lowest BCUT2D eigenvalue weighted by atomic mass is 10.2. The van der Waals surface area contributed by atoms with Crippen molar-refractivity contribution in [2.24, 2.45) is 0 Å². The summed E-state index contributed by atoms with van der Waals surface area (Å²) >= 11 is 3.23. The van der Waals surface area contributed by atoms with Crippen molar-refractivity contribution in [2.45, 2.75) is 6.61 Å². The summed E-state index contributed by atoms with van der Waals surface area (Å²) in [6.07, 6.45) is 0.960. The van der Waals surface area contributed by atoms with Crippen molar-refractivity contribution in [2.75, 3.05) is 12.4 Å². The third kappa shape index (κ3) is 3.96. The van der Waals surface area contributed by atoms with Gasteiger partial charge in [-0.1, -0.05) is 30.3 Å². The molecule has 0 atom stereocenters. The molecule has 0 bridgehead atoms. The average molecular weight is 337 g/mol. The highest BCUT2D eigenvalue weighted by Crippen LogP contribution is 2.25. The maximum absolute atomic E-state index is 11.7. The number of carbonyl (C=O) groups is 1. The predicted molar refractivity (Wildman–Crippen MR) is 78.7 cm³/mol. The van der Waals surface area contributed by atoms with Gasteiger partial charge < -0.3 is 9.47 Å². The van der Waals surface area contributed by atoms with E-state index in [4.69, 9.17) is 9.47 Å². The van der Waals surface area contributed by atoms with E-state index < -0.39 is 6.09 Å². The Labute approximate surface area is 125 Å². The molecule has 104 valence electrons. The zero-order valence-electron chi connectivity index (χ0n) is 10.8. The maximum atomic E-state index is 11.7. The number of ether oxygens (including phenoxy) is 2. The van der Waals surface area contributed by atoms with E-state index in [1.165, 1.54) is 13.3 Å². The first-order valence-corrected chi connectivity index (χ1v) is 6.65. The minimum Gasteiger partial charge on any atom is -0.493 e. The molecule has 0 spiro atoms. The first kappa shape index (κ1) is 14.3. The van der Waals surface area contributed by atoms with Crippen LogP contribution in [-0.4, -0.2) is 18.2 Å². The van der Waals surface area contributed by atoms with Crippen LogP contribution < -0.4 is 10.1 Å². The molecule has 5 nitrogen and oxygen atoms in total. The molecule has 20 heavy (non-hydrogen) atoms. The Balaban J connectivity index is 1.96. The predicted octanol–water partition coefficient (Wildman–Crippen LogP) is 3.60. The van der Waals surface area contributed by atoms with Gasteiger partial charge in [-0.05, 0) is 27.6 Å². The van der Waals surface area contributed by atoms with Crippen LogP contribution in [0.2, 0.25) is 0 Å². The highest BCUT2D eigenvalue weighted by molar-refractivity contribution is 9.10. The van der Waals surface area contributed by atoms with Gasteiger partial charge in [0.25, 0.3) is 0 Å². The Morgan fingerprint density at radius 2 is 2.10 bits per heavy atom. The molecule has 1 heterocycles. The molecule has 1 N–H and O–H groups in total. The Morgan fingerprint density at radius 3 is 2.80 bits per heavy atom. The Hall–Kier alpha value is -2.08. The molecule has 0 radical (unpaired) electrons. The van der Waals surface area contributed by atoms with Crippen molar-refractivity contribution in [3.05, 3.63) is 52.8 Å².